The van der Waals surface area contributed by atoms with Crippen LogP contribution >= 0.6 is 0 Å². The van der Waals surface area contributed by atoms with Crippen LogP contribution in [0.1, 0.15) is 151 Å². The number of hydrogen-bond acceptors (Lipinski definition) is 3. The molecule has 3 aliphatic carbocycles. The van der Waals surface area contributed by atoms with Gasteiger partial charge < -0.3 is 14.2 Å². The molecule has 15 rings (SSSR count). The van der Waals surface area contributed by atoms with Crippen LogP contribution in [0.25, 0.3) is 55.3 Å². The van der Waals surface area contributed by atoms with Crippen LogP contribution in [0.4, 0.5) is 34.1 Å². The number of hydrogen-bond donors (Lipinski definition) is 0. The van der Waals surface area contributed by atoms with E-state index in [1.54, 1.807) is 0 Å². The molecule has 0 saturated heterocycles. The molecule has 1 spiro atoms. The lowest BCUT2D eigenvalue weighted by molar-refractivity contribution is 0.586. The Bertz CT molecular complexity index is 4380. The smallest absolute Gasteiger partial charge is 0.145 e. The first-order chi connectivity index (χ1) is 39.1. The maximum Gasteiger partial charge on any atom is 0.145 e. The summed E-state index contributed by atoms with van der Waals surface area (Å²) in [4.78, 5) is 5.15. The van der Waals surface area contributed by atoms with Gasteiger partial charge in [0.25, 0.3) is 0 Å². The molecule has 82 heavy (non-hydrogen) atoms. The summed E-state index contributed by atoms with van der Waals surface area (Å²) in [5.74, 6) is 0. The summed E-state index contributed by atoms with van der Waals surface area (Å²) >= 11 is 0. The van der Waals surface area contributed by atoms with E-state index in [1.807, 2.05) is 0 Å². The van der Waals surface area contributed by atoms with Crippen LogP contribution < -0.4 is 9.80 Å². The molecule has 11 aromatic rings. The molecule has 1 aromatic heterocycles. The molecule has 4 aliphatic rings. The number of furan rings is 1. The second kappa shape index (κ2) is 16.9. The second-order valence-corrected chi connectivity index (χ2v) is 28.2. The Hall–Kier alpha value is -8.40. The van der Waals surface area contributed by atoms with E-state index in [0.717, 1.165) is 44.7 Å². The van der Waals surface area contributed by atoms with Crippen LogP contribution in [0.3, 0.4) is 0 Å². The highest BCUT2D eigenvalue weighted by Crippen LogP contribution is 2.72. The van der Waals surface area contributed by atoms with Gasteiger partial charge in [0.15, 0.2) is 0 Å². The van der Waals surface area contributed by atoms with Crippen molar-refractivity contribution in [1.29, 1.82) is 0 Å². The molecular formula is C79H72N2O. The van der Waals surface area contributed by atoms with Crippen LogP contribution in [0.15, 0.2) is 205 Å². The first-order valence-electron chi connectivity index (χ1n) is 29.7. The van der Waals surface area contributed by atoms with E-state index in [2.05, 4.69) is 300 Å². The van der Waals surface area contributed by atoms with Crippen molar-refractivity contribution in [2.45, 2.75) is 122 Å². The van der Waals surface area contributed by atoms with Gasteiger partial charge in [-0.1, -0.05) is 223 Å². The molecule has 1 unspecified atom stereocenters. The standard InChI is InChI=1S/C79H72N2O/c1-74(2,3)47-30-37-51(38-31-47)80(52-39-32-48(33-40-52)75(4,5)6)65-45-63-71(73-68(65)57-25-17-21-29-67(57)82-73)70-62(79(63)59-27-19-14-22-54(59)55-23-15-20-28-60(55)79)46-66-72-69(70)56-24-16-18-26-58(56)78(72,13)61-44-50(77(10,11)12)36-43-64(61)81(66)53-41-34-49(35-42-53)76(7,8)9/h14-46H,1-13H3. The third-order valence-electron chi connectivity index (χ3n) is 19.3. The Balaban J connectivity index is 1.14. The predicted molar refractivity (Wildman–Crippen MR) is 345 cm³/mol. The highest BCUT2D eigenvalue weighted by atomic mass is 16.3. The van der Waals surface area contributed by atoms with Crippen LogP contribution in [0, 0.1) is 0 Å². The highest BCUT2D eigenvalue weighted by molar-refractivity contribution is 6.22. The number of anilines is 6. The lowest BCUT2D eigenvalue weighted by atomic mass is 9.67. The van der Waals surface area contributed by atoms with Crippen molar-refractivity contribution in [3.63, 3.8) is 0 Å². The Morgan fingerprint density at radius 3 is 1.43 bits per heavy atom. The first kappa shape index (κ1) is 50.6. The molecule has 0 saturated carbocycles. The molecule has 0 radical (unpaired) electrons. The Kier molecular flexibility index (Phi) is 10.4. The van der Waals surface area contributed by atoms with Gasteiger partial charge in [-0.25, -0.2) is 0 Å². The fourth-order valence-corrected chi connectivity index (χ4v) is 15.1. The minimum Gasteiger partial charge on any atom is -0.455 e. The zero-order chi connectivity index (χ0) is 56.8. The zero-order valence-electron chi connectivity index (χ0n) is 49.9. The third-order valence-corrected chi connectivity index (χ3v) is 19.3. The van der Waals surface area contributed by atoms with E-state index in [0.29, 0.717) is 0 Å². The van der Waals surface area contributed by atoms with E-state index in [-0.39, 0.29) is 21.7 Å². The summed E-state index contributed by atoms with van der Waals surface area (Å²) in [6.45, 7) is 30.3. The van der Waals surface area contributed by atoms with E-state index in [4.69, 9.17) is 4.42 Å². The summed E-state index contributed by atoms with van der Waals surface area (Å²) in [7, 11) is 0. The van der Waals surface area contributed by atoms with Crippen molar-refractivity contribution in [3.05, 3.63) is 261 Å². The van der Waals surface area contributed by atoms with Crippen molar-refractivity contribution in [1.82, 2.24) is 0 Å². The van der Waals surface area contributed by atoms with E-state index in [9.17, 15) is 0 Å². The maximum absolute atomic E-state index is 7.69. The van der Waals surface area contributed by atoms with Gasteiger partial charge >= 0.3 is 0 Å². The molecule has 3 nitrogen and oxygen atoms in total. The van der Waals surface area contributed by atoms with Gasteiger partial charge in [-0.3, -0.25) is 0 Å². The van der Waals surface area contributed by atoms with Gasteiger partial charge in [0, 0.05) is 33.4 Å². The highest BCUT2D eigenvalue weighted by Gasteiger charge is 2.58. The molecule has 404 valence electrons. The number of nitrogens with zero attached hydrogens (tertiary/aromatic N) is 2. The summed E-state index contributed by atoms with van der Waals surface area (Å²) in [6.07, 6.45) is 0. The Morgan fingerprint density at radius 1 is 0.390 bits per heavy atom. The summed E-state index contributed by atoms with van der Waals surface area (Å²) < 4.78 is 7.69. The van der Waals surface area contributed by atoms with Crippen LogP contribution in [0.2, 0.25) is 0 Å². The number of para-hydroxylation sites is 1. The molecule has 2 heterocycles. The molecular weight excluding hydrogens is 993 g/mol. The van der Waals surface area contributed by atoms with Gasteiger partial charge in [0.1, 0.15) is 11.2 Å². The molecule has 0 bridgehead atoms. The average molecular weight is 1070 g/mol. The van der Waals surface area contributed by atoms with Crippen molar-refractivity contribution >= 4 is 56.1 Å². The Morgan fingerprint density at radius 2 is 0.866 bits per heavy atom. The van der Waals surface area contributed by atoms with Crippen molar-refractivity contribution < 1.29 is 4.42 Å². The quantitative estimate of drug-likeness (QED) is 0.175. The van der Waals surface area contributed by atoms with Gasteiger partial charge in [-0.2, -0.15) is 0 Å². The van der Waals surface area contributed by atoms with Crippen LogP contribution in [-0.2, 0) is 32.5 Å². The molecule has 0 amide bonds. The molecule has 0 fully saturated rings. The minimum atomic E-state index is -0.755. The third kappa shape index (κ3) is 6.83. The van der Waals surface area contributed by atoms with Crippen molar-refractivity contribution in [3.8, 4) is 33.4 Å². The van der Waals surface area contributed by atoms with Gasteiger partial charge in [-0.05, 0) is 178 Å². The van der Waals surface area contributed by atoms with Crippen molar-refractivity contribution in [2.24, 2.45) is 0 Å². The molecule has 1 aliphatic heterocycles. The van der Waals surface area contributed by atoms with Gasteiger partial charge in [0.05, 0.1) is 27.9 Å². The molecule has 3 heteroatoms. The summed E-state index contributed by atoms with van der Waals surface area (Å²) in [5, 5.41) is 2.21. The fourth-order valence-electron chi connectivity index (χ4n) is 15.1. The van der Waals surface area contributed by atoms with Gasteiger partial charge in [0.2, 0.25) is 0 Å². The van der Waals surface area contributed by atoms with Crippen LogP contribution in [0.5, 0.6) is 0 Å². The lowest BCUT2D eigenvalue weighted by Gasteiger charge is -2.44. The fraction of sp³-hybridized carbons (Fsp3) is 0.241. The number of rotatable bonds is 4. The first-order valence-corrected chi connectivity index (χ1v) is 29.7. The van der Waals surface area contributed by atoms with E-state index in [1.165, 1.54) is 106 Å². The molecule has 1 atom stereocenters. The predicted octanol–water partition coefficient (Wildman–Crippen LogP) is 21.7. The van der Waals surface area contributed by atoms with E-state index < -0.39 is 10.8 Å². The number of benzene rings is 10. The summed E-state index contributed by atoms with van der Waals surface area (Å²) in [5.41, 5.74) is 29.2. The Labute approximate surface area is 484 Å². The van der Waals surface area contributed by atoms with Crippen LogP contribution in [-0.4, -0.2) is 0 Å². The largest absolute Gasteiger partial charge is 0.455 e. The molecule has 10 aromatic carbocycles. The van der Waals surface area contributed by atoms with Crippen molar-refractivity contribution in [2.75, 3.05) is 9.80 Å². The zero-order valence-corrected chi connectivity index (χ0v) is 49.9. The number of fused-ring (bicyclic) bond motifs is 20. The normalized spacial score (nSPS) is 16.2. The summed E-state index contributed by atoms with van der Waals surface area (Å²) in [6, 6.07) is 77.4. The maximum atomic E-state index is 7.69. The SMILES string of the molecule is CC(C)(C)c1ccc(N2c3ccc(C(C)(C)C)cc3C3(C)c4ccccc4-c4c5c(cc2c43)C2(c3ccccc3-c3ccccc32)c2cc(N(c3ccc(C(C)(C)C)cc3)c3ccc(C(C)(C)C)cc3)c3c(oc4ccccc43)c2-5)cc1. The minimum absolute atomic E-state index is 0.00142. The average Bonchev–Trinajstić information content (AvgIpc) is 2.04. The topological polar surface area (TPSA) is 19.6 Å². The van der Waals surface area contributed by atoms with Gasteiger partial charge in [-0.15, -0.1) is 0 Å². The second-order valence-electron chi connectivity index (χ2n) is 28.2. The lowest BCUT2D eigenvalue weighted by Crippen LogP contribution is -2.33. The van der Waals surface area contributed by atoms with E-state index >= 15 is 0 Å². The molecule has 0 N–H and O–H groups in total. The monoisotopic (exact) mass is 1060 g/mol.